The summed E-state index contributed by atoms with van der Waals surface area (Å²) in [7, 11) is 0. The SMILES string of the molecule is O=C(c1n[nH]c2ccccc12)N1CC[C@@H]2CNC[C@@H]21. The first-order valence-electron chi connectivity index (χ1n) is 6.79. The zero-order valence-corrected chi connectivity index (χ0v) is 10.6. The van der Waals surface area contributed by atoms with E-state index in [0.29, 0.717) is 17.7 Å². The topological polar surface area (TPSA) is 61.0 Å². The Morgan fingerprint density at radius 1 is 1.32 bits per heavy atom. The number of carbonyl (C=O) groups is 1. The molecular formula is C14H16N4O. The molecule has 1 amide bonds. The number of hydrogen-bond donors (Lipinski definition) is 2. The number of nitrogens with one attached hydrogen (secondary N) is 2. The van der Waals surface area contributed by atoms with Crippen molar-refractivity contribution in [2.24, 2.45) is 5.92 Å². The highest BCUT2D eigenvalue weighted by Crippen LogP contribution is 2.29. The van der Waals surface area contributed by atoms with E-state index in [9.17, 15) is 4.79 Å². The Balaban J connectivity index is 1.70. The van der Waals surface area contributed by atoms with Crippen LogP contribution in [0, 0.1) is 5.92 Å². The van der Waals surface area contributed by atoms with E-state index in [2.05, 4.69) is 15.5 Å². The molecule has 4 rings (SSSR count). The summed E-state index contributed by atoms with van der Waals surface area (Å²) >= 11 is 0. The molecule has 2 fully saturated rings. The van der Waals surface area contributed by atoms with Crippen LogP contribution < -0.4 is 5.32 Å². The van der Waals surface area contributed by atoms with Gasteiger partial charge in [0.25, 0.3) is 5.91 Å². The maximum absolute atomic E-state index is 12.7. The Morgan fingerprint density at radius 2 is 2.21 bits per heavy atom. The fourth-order valence-corrected chi connectivity index (χ4v) is 3.36. The van der Waals surface area contributed by atoms with Gasteiger partial charge < -0.3 is 10.2 Å². The number of para-hydroxylation sites is 1. The number of aromatic amines is 1. The number of H-pyrrole nitrogens is 1. The van der Waals surface area contributed by atoms with Crippen molar-refractivity contribution in [2.75, 3.05) is 19.6 Å². The minimum absolute atomic E-state index is 0.0636. The number of rotatable bonds is 1. The summed E-state index contributed by atoms with van der Waals surface area (Å²) in [5.41, 5.74) is 1.48. The van der Waals surface area contributed by atoms with E-state index in [4.69, 9.17) is 0 Å². The second kappa shape index (κ2) is 4.06. The molecule has 0 radical (unpaired) electrons. The third-order valence-corrected chi connectivity index (χ3v) is 4.38. The van der Waals surface area contributed by atoms with E-state index in [1.54, 1.807) is 0 Å². The minimum Gasteiger partial charge on any atom is -0.333 e. The van der Waals surface area contributed by atoms with Crippen molar-refractivity contribution in [3.63, 3.8) is 0 Å². The van der Waals surface area contributed by atoms with E-state index in [-0.39, 0.29) is 5.91 Å². The number of amides is 1. The lowest BCUT2D eigenvalue weighted by Crippen LogP contribution is -2.39. The molecular weight excluding hydrogens is 240 g/mol. The average Bonchev–Trinajstić information content (AvgIpc) is 3.12. The van der Waals surface area contributed by atoms with Crippen LogP contribution in [-0.4, -0.2) is 46.7 Å². The largest absolute Gasteiger partial charge is 0.333 e. The highest BCUT2D eigenvalue weighted by Gasteiger charge is 2.40. The second-order valence-electron chi connectivity index (χ2n) is 5.39. The van der Waals surface area contributed by atoms with Crippen LogP contribution in [0.5, 0.6) is 0 Å². The van der Waals surface area contributed by atoms with Crippen LogP contribution in [0.3, 0.4) is 0 Å². The number of fused-ring (bicyclic) bond motifs is 2. The lowest BCUT2D eigenvalue weighted by atomic mass is 10.1. The van der Waals surface area contributed by atoms with Crippen molar-refractivity contribution in [1.29, 1.82) is 0 Å². The molecule has 2 N–H and O–H groups in total. The molecule has 5 nitrogen and oxygen atoms in total. The van der Waals surface area contributed by atoms with Crippen LogP contribution in [0.1, 0.15) is 16.9 Å². The smallest absolute Gasteiger partial charge is 0.275 e. The third kappa shape index (κ3) is 1.58. The normalized spacial score (nSPS) is 26.0. The molecule has 0 saturated carbocycles. The summed E-state index contributed by atoms with van der Waals surface area (Å²) in [6, 6.07) is 8.14. The molecule has 98 valence electrons. The van der Waals surface area contributed by atoms with Crippen molar-refractivity contribution >= 4 is 16.8 Å². The molecule has 19 heavy (non-hydrogen) atoms. The fraction of sp³-hybridized carbons (Fsp3) is 0.429. The van der Waals surface area contributed by atoms with Crippen LogP contribution in [0.4, 0.5) is 0 Å². The molecule has 2 aliphatic rings. The second-order valence-corrected chi connectivity index (χ2v) is 5.39. The predicted octanol–water partition coefficient (Wildman–Crippen LogP) is 0.997. The summed E-state index contributed by atoms with van der Waals surface area (Å²) in [6.45, 7) is 2.81. The Bertz CT molecular complexity index is 635. The lowest BCUT2D eigenvalue weighted by molar-refractivity contribution is 0.0733. The number of aromatic nitrogens is 2. The average molecular weight is 256 g/mol. The maximum atomic E-state index is 12.7. The number of nitrogens with zero attached hydrogens (tertiary/aromatic N) is 2. The van der Waals surface area contributed by atoms with Gasteiger partial charge in [-0.2, -0.15) is 5.10 Å². The van der Waals surface area contributed by atoms with E-state index < -0.39 is 0 Å². The van der Waals surface area contributed by atoms with Crippen molar-refractivity contribution in [1.82, 2.24) is 20.4 Å². The van der Waals surface area contributed by atoms with Crippen LogP contribution in [0.2, 0.25) is 0 Å². The maximum Gasteiger partial charge on any atom is 0.275 e. The van der Waals surface area contributed by atoms with Crippen LogP contribution in [0.15, 0.2) is 24.3 Å². The molecule has 2 aromatic rings. The van der Waals surface area contributed by atoms with Crippen molar-refractivity contribution in [3.05, 3.63) is 30.0 Å². The van der Waals surface area contributed by atoms with Gasteiger partial charge in [0.1, 0.15) is 0 Å². The summed E-state index contributed by atoms with van der Waals surface area (Å²) < 4.78 is 0. The molecule has 2 aliphatic heterocycles. The zero-order valence-electron chi connectivity index (χ0n) is 10.6. The first kappa shape index (κ1) is 11.0. The van der Waals surface area contributed by atoms with Crippen molar-refractivity contribution < 1.29 is 4.79 Å². The van der Waals surface area contributed by atoms with E-state index >= 15 is 0 Å². The summed E-state index contributed by atoms with van der Waals surface area (Å²) in [5, 5.41) is 11.4. The summed E-state index contributed by atoms with van der Waals surface area (Å²) in [6.07, 6.45) is 1.10. The molecule has 1 aromatic heterocycles. The standard InChI is InChI=1S/C14H16N4O/c19-14(18-6-5-9-7-15-8-12(9)18)13-10-3-1-2-4-11(10)16-17-13/h1-4,9,12,15H,5-8H2,(H,16,17)/t9-,12+/m1/s1. The molecule has 0 unspecified atom stereocenters. The number of hydrogen-bond acceptors (Lipinski definition) is 3. The van der Waals surface area contributed by atoms with Gasteiger partial charge in [0, 0.05) is 31.1 Å². The highest BCUT2D eigenvalue weighted by atomic mass is 16.2. The van der Waals surface area contributed by atoms with Crippen LogP contribution >= 0.6 is 0 Å². The van der Waals surface area contributed by atoms with Gasteiger partial charge in [-0.3, -0.25) is 9.89 Å². The van der Waals surface area contributed by atoms with Gasteiger partial charge in [-0.15, -0.1) is 0 Å². The van der Waals surface area contributed by atoms with Gasteiger partial charge in [0.2, 0.25) is 0 Å². The predicted molar refractivity (Wildman–Crippen MR) is 71.9 cm³/mol. The molecule has 3 heterocycles. The number of carbonyl (C=O) groups excluding carboxylic acids is 1. The minimum atomic E-state index is 0.0636. The van der Waals surface area contributed by atoms with Gasteiger partial charge in [0.15, 0.2) is 5.69 Å². The summed E-state index contributed by atoms with van der Waals surface area (Å²) in [4.78, 5) is 14.7. The Morgan fingerprint density at radius 3 is 3.16 bits per heavy atom. The van der Waals surface area contributed by atoms with E-state index in [0.717, 1.165) is 37.0 Å². The van der Waals surface area contributed by atoms with Crippen LogP contribution in [-0.2, 0) is 0 Å². The van der Waals surface area contributed by atoms with Gasteiger partial charge in [0.05, 0.1) is 5.52 Å². The first-order chi connectivity index (χ1) is 9.34. The monoisotopic (exact) mass is 256 g/mol. The molecule has 2 saturated heterocycles. The van der Waals surface area contributed by atoms with E-state index in [1.165, 1.54) is 0 Å². The lowest BCUT2D eigenvalue weighted by Gasteiger charge is -2.22. The molecule has 5 heteroatoms. The van der Waals surface area contributed by atoms with Gasteiger partial charge in [-0.25, -0.2) is 0 Å². The number of benzene rings is 1. The number of likely N-dealkylation sites (tertiary alicyclic amines) is 1. The zero-order chi connectivity index (χ0) is 12.8. The quantitative estimate of drug-likeness (QED) is 0.800. The molecule has 2 atom stereocenters. The van der Waals surface area contributed by atoms with E-state index in [1.807, 2.05) is 29.2 Å². The highest BCUT2D eigenvalue weighted by molar-refractivity contribution is 6.04. The van der Waals surface area contributed by atoms with Gasteiger partial charge in [-0.1, -0.05) is 18.2 Å². The summed E-state index contributed by atoms with van der Waals surface area (Å²) in [5.74, 6) is 0.683. The van der Waals surface area contributed by atoms with Gasteiger partial charge in [-0.05, 0) is 18.4 Å². The molecule has 0 spiro atoms. The third-order valence-electron chi connectivity index (χ3n) is 4.38. The first-order valence-corrected chi connectivity index (χ1v) is 6.79. The van der Waals surface area contributed by atoms with Gasteiger partial charge >= 0.3 is 0 Å². The Labute approximate surface area is 111 Å². The van der Waals surface area contributed by atoms with Crippen molar-refractivity contribution in [3.8, 4) is 0 Å². The Kier molecular flexibility index (Phi) is 2.35. The fourth-order valence-electron chi connectivity index (χ4n) is 3.36. The molecule has 1 aromatic carbocycles. The Hall–Kier alpha value is -1.88. The van der Waals surface area contributed by atoms with Crippen molar-refractivity contribution in [2.45, 2.75) is 12.5 Å². The van der Waals surface area contributed by atoms with Crippen LogP contribution in [0.25, 0.3) is 10.9 Å². The molecule has 0 aliphatic carbocycles. The molecule has 0 bridgehead atoms.